The van der Waals surface area contributed by atoms with Crippen LogP contribution < -0.4 is 0 Å². The summed E-state index contributed by atoms with van der Waals surface area (Å²) in [7, 11) is 0. The zero-order chi connectivity index (χ0) is 11.8. The van der Waals surface area contributed by atoms with Gasteiger partial charge in [-0.25, -0.2) is 4.98 Å². The van der Waals surface area contributed by atoms with E-state index in [4.69, 9.17) is 11.6 Å². The average Bonchev–Trinajstić information content (AvgIpc) is 2.76. The van der Waals surface area contributed by atoms with E-state index in [2.05, 4.69) is 20.3 Å². The second-order valence-corrected chi connectivity index (χ2v) is 3.97. The minimum atomic E-state index is 0.199. The predicted octanol–water partition coefficient (Wildman–Crippen LogP) is 2.17. The highest BCUT2D eigenvalue weighted by molar-refractivity contribution is 6.28. The van der Waals surface area contributed by atoms with Gasteiger partial charge in [-0.1, -0.05) is 17.3 Å². The molecule has 0 radical (unpaired) electrons. The number of rotatable bonds is 1. The molecule has 0 unspecified atom stereocenters. The van der Waals surface area contributed by atoms with E-state index in [0.717, 1.165) is 16.6 Å². The Morgan fingerprint density at radius 1 is 1.24 bits per heavy atom. The molecule has 0 aliphatic carbocycles. The van der Waals surface area contributed by atoms with Crippen LogP contribution in [0.15, 0.2) is 30.5 Å². The van der Waals surface area contributed by atoms with Gasteiger partial charge in [-0.3, -0.25) is 0 Å². The summed E-state index contributed by atoms with van der Waals surface area (Å²) in [5.74, 6) is 0.652. The molecule has 3 aromatic rings. The lowest BCUT2D eigenvalue weighted by Gasteiger charge is -2.04. The topological polar surface area (TPSA) is 56.5 Å². The second kappa shape index (κ2) is 3.78. The highest BCUT2D eigenvalue weighted by Crippen LogP contribution is 2.17. The van der Waals surface area contributed by atoms with Crippen molar-refractivity contribution in [2.75, 3.05) is 0 Å². The molecule has 2 heterocycles. The van der Waals surface area contributed by atoms with Crippen molar-refractivity contribution in [2.45, 2.75) is 6.92 Å². The largest absolute Gasteiger partial charge is 0.226 e. The van der Waals surface area contributed by atoms with E-state index in [1.165, 1.54) is 0 Å². The fourth-order valence-electron chi connectivity index (χ4n) is 1.65. The lowest BCUT2D eigenvalue weighted by molar-refractivity contribution is 0.790. The predicted molar refractivity (Wildman–Crippen MR) is 64.2 cm³/mol. The van der Waals surface area contributed by atoms with Crippen molar-refractivity contribution in [1.29, 1.82) is 0 Å². The zero-order valence-corrected chi connectivity index (χ0v) is 9.76. The Kier molecular flexibility index (Phi) is 2.26. The van der Waals surface area contributed by atoms with Crippen LogP contribution >= 0.6 is 11.6 Å². The Hall–Kier alpha value is -2.01. The molecule has 0 saturated heterocycles. The first-order valence-electron chi connectivity index (χ1n) is 5.05. The number of aromatic nitrogens is 5. The maximum absolute atomic E-state index is 5.80. The van der Waals surface area contributed by atoms with Crippen LogP contribution in [0, 0.1) is 6.92 Å². The van der Waals surface area contributed by atoms with Crippen molar-refractivity contribution in [1.82, 2.24) is 25.0 Å². The van der Waals surface area contributed by atoms with Gasteiger partial charge in [0.1, 0.15) is 5.52 Å². The van der Waals surface area contributed by atoms with Gasteiger partial charge in [-0.2, -0.15) is 9.67 Å². The molecule has 2 aromatic heterocycles. The van der Waals surface area contributed by atoms with E-state index in [9.17, 15) is 0 Å². The molecule has 0 saturated carbocycles. The zero-order valence-electron chi connectivity index (χ0n) is 9.00. The van der Waals surface area contributed by atoms with Crippen LogP contribution in [0.5, 0.6) is 0 Å². The van der Waals surface area contributed by atoms with Crippen molar-refractivity contribution in [3.8, 4) is 5.82 Å². The smallest absolute Gasteiger partial charge is 0.224 e. The first-order valence-corrected chi connectivity index (χ1v) is 5.43. The van der Waals surface area contributed by atoms with Gasteiger partial charge in [0.2, 0.25) is 5.28 Å². The number of benzene rings is 1. The number of aryl methyl sites for hydroxylation is 1. The molecule has 0 bridgehead atoms. The van der Waals surface area contributed by atoms with Crippen molar-refractivity contribution >= 4 is 22.6 Å². The van der Waals surface area contributed by atoms with E-state index < -0.39 is 0 Å². The molecule has 0 spiro atoms. The Morgan fingerprint density at radius 3 is 2.94 bits per heavy atom. The quantitative estimate of drug-likeness (QED) is 0.617. The van der Waals surface area contributed by atoms with Gasteiger partial charge in [-0.15, -0.1) is 5.10 Å². The summed E-state index contributed by atoms with van der Waals surface area (Å²) in [6.07, 6.45) is 1.67. The molecular formula is C11H8ClN5. The summed E-state index contributed by atoms with van der Waals surface area (Å²) < 4.78 is 1.66. The third-order valence-electron chi connectivity index (χ3n) is 2.47. The number of hydrogen-bond acceptors (Lipinski definition) is 4. The van der Waals surface area contributed by atoms with Crippen LogP contribution in [0.25, 0.3) is 16.9 Å². The van der Waals surface area contributed by atoms with Gasteiger partial charge in [0.15, 0.2) is 5.82 Å². The number of nitrogens with zero attached hydrogens (tertiary/aromatic N) is 5. The number of fused-ring (bicyclic) bond motifs is 1. The molecular weight excluding hydrogens is 238 g/mol. The normalized spacial score (nSPS) is 10.9. The third kappa shape index (κ3) is 1.64. The van der Waals surface area contributed by atoms with Crippen LogP contribution in [0.2, 0.25) is 5.28 Å². The van der Waals surface area contributed by atoms with E-state index in [1.54, 1.807) is 10.9 Å². The highest BCUT2D eigenvalue weighted by atomic mass is 35.5. The molecule has 0 aliphatic heterocycles. The first-order chi connectivity index (χ1) is 8.25. The summed E-state index contributed by atoms with van der Waals surface area (Å²) >= 11 is 5.80. The summed E-state index contributed by atoms with van der Waals surface area (Å²) in [5, 5.41) is 8.36. The summed E-state index contributed by atoms with van der Waals surface area (Å²) in [6, 6.07) is 7.68. The Labute approximate surface area is 102 Å². The van der Waals surface area contributed by atoms with Crippen LogP contribution in [-0.2, 0) is 0 Å². The van der Waals surface area contributed by atoms with Crippen LogP contribution in [-0.4, -0.2) is 25.0 Å². The van der Waals surface area contributed by atoms with Gasteiger partial charge < -0.3 is 0 Å². The van der Waals surface area contributed by atoms with Gasteiger partial charge in [0.05, 0.1) is 5.52 Å². The molecule has 6 heteroatoms. The van der Waals surface area contributed by atoms with Crippen molar-refractivity contribution in [3.05, 3.63) is 41.3 Å². The maximum atomic E-state index is 5.80. The monoisotopic (exact) mass is 245 g/mol. The second-order valence-electron chi connectivity index (χ2n) is 3.64. The summed E-state index contributed by atoms with van der Waals surface area (Å²) in [5.41, 5.74) is 2.61. The molecule has 0 atom stereocenters. The summed E-state index contributed by atoms with van der Waals surface area (Å²) in [4.78, 5) is 8.10. The first kappa shape index (κ1) is 10.2. The van der Waals surface area contributed by atoms with Gasteiger partial charge in [0.25, 0.3) is 0 Å². The molecule has 3 rings (SSSR count). The van der Waals surface area contributed by atoms with Crippen molar-refractivity contribution in [2.24, 2.45) is 0 Å². The fraction of sp³-hybridized carbons (Fsp3) is 0.0909. The molecule has 5 nitrogen and oxygen atoms in total. The minimum absolute atomic E-state index is 0.199. The number of hydrogen-bond donors (Lipinski definition) is 0. The molecule has 0 fully saturated rings. The highest BCUT2D eigenvalue weighted by Gasteiger charge is 2.10. The number of halogens is 1. The molecule has 84 valence electrons. The molecule has 0 amide bonds. The van der Waals surface area contributed by atoms with Crippen molar-refractivity contribution in [3.63, 3.8) is 0 Å². The third-order valence-corrected chi connectivity index (χ3v) is 2.65. The van der Waals surface area contributed by atoms with Crippen molar-refractivity contribution < 1.29 is 0 Å². The number of para-hydroxylation sites is 1. The molecule has 0 aliphatic rings. The standard InChI is InChI=1S/C11H8ClN5/c1-7-6-13-11(12)14-10(7)17-9-5-3-2-4-8(9)15-16-17/h2-6H,1H3. The summed E-state index contributed by atoms with van der Waals surface area (Å²) in [6.45, 7) is 1.90. The van der Waals surface area contributed by atoms with Crippen LogP contribution in [0.3, 0.4) is 0 Å². The lowest BCUT2D eigenvalue weighted by Crippen LogP contribution is -2.03. The van der Waals surface area contributed by atoms with Gasteiger partial charge in [-0.05, 0) is 30.7 Å². The van der Waals surface area contributed by atoms with Gasteiger partial charge >= 0.3 is 0 Å². The van der Waals surface area contributed by atoms with Gasteiger partial charge in [0, 0.05) is 11.8 Å². The fourth-order valence-corrected chi connectivity index (χ4v) is 1.78. The van der Waals surface area contributed by atoms with E-state index in [-0.39, 0.29) is 5.28 Å². The maximum Gasteiger partial charge on any atom is 0.224 e. The van der Waals surface area contributed by atoms with Crippen LogP contribution in [0.1, 0.15) is 5.56 Å². The molecule has 0 N–H and O–H groups in total. The Balaban J connectivity index is 2.31. The molecule has 1 aromatic carbocycles. The van der Waals surface area contributed by atoms with Crippen LogP contribution in [0.4, 0.5) is 0 Å². The minimum Gasteiger partial charge on any atom is -0.226 e. The SMILES string of the molecule is Cc1cnc(Cl)nc1-n1nnc2ccccc21. The molecule has 17 heavy (non-hydrogen) atoms. The van der Waals surface area contributed by atoms with E-state index in [0.29, 0.717) is 5.82 Å². The average molecular weight is 246 g/mol. The van der Waals surface area contributed by atoms with E-state index >= 15 is 0 Å². The lowest BCUT2D eigenvalue weighted by atomic mass is 10.3. The Bertz CT molecular complexity index is 691. The van der Waals surface area contributed by atoms with E-state index in [1.807, 2.05) is 31.2 Å². The Morgan fingerprint density at radius 2 is 2.06 bits per heavy atom.